The number of aromatic nitrogens is 6. The second-order valence-corrected chi connectivity index (χ2v) is 7.09. The predicted octanol–water partition coefficient (Wildman–Crippen LogP) is 2.20. The van der Waals surface area contributed by atoms with E-state index in [4.69, 9.17) is 0 Å². The van der Waals surface area contributed by atoms with Gasteiger partial charge in [-0.25, -0.2) is 9.67 Å². The van der Waals surface area contributed by atoms with E-state index in [1.165, 1.54) is 34.0 Å². The number of benzene rings is 1. The van der Waals surface area contributed by atoms with Crippen LogP contribution in [0.3, 0.4) is 0 Å². The van der Waals surface area contributed by atoms with E-state index in [0.717, 1.165) is 15.0 Å². The van der Waals surface area contributed by atoms with E-state index in [1.54, 1.807) is 10.9 Å². The fraction of sp³-hybridized carbons (Fsp3) is 0.133. The molecule has 0 amide bonds. The van der Waals surface area contributed by atoms with E-state index in [9.17, 15) is 4.79 Å². The topological polar surface area (TPSA) is 78.5 Å². The summed E-state index contributed by atoms with van der Waals surface area (Å²) in [5.41, 5.74) is 1.28. The number of thioether (sulfide) groups is 1. The van der Waals surface area contributed by atoms with Gasteiger partial charge in [0.25, 0.3) is 5.56 Å². The number of para-hydroxylation sites is 1. The molecule has 0 atom stereocenters. The molecular formula is C15H12N6OS2. The molecule has 0 unspecified atom stereocenters. The summed E-state index contributed by atoms with van der Waals surface area (Å²) in [6, 6.07) is 9.61. The number of hydrogen-bond donors (Lipinski definition) is 0. The van der Waals surface area contributed by atoms with E-state index < -0.39 is 0 Å². The molecule has 0 N–H and O–H groups in total. The van der Waals surface area contributed by atoms with Gasteiger partial charge in [0.2, 0.25) is 0 Å². The van der Waals surface area contributed by atoms with Crippen LogP contribution in [-0.4, -0.2) is 35.8 Å². The quantitative estimate of drug-likeness (QED) is 0.522. The Morgan fingerprint density at radius 3 is 2.79 bits per heavy atom. The minimum Gasteiger partial charge on any atom is -0.292 e. The Kier molecular flexibility index (Phi) is 3.87. The Balaban J connectivity index is 1.75. The molecule has 0 aliphatic rings. The van der Waals surface area contributed by atoms with E-state index in [0.29, 0.717) is 17.6 Å². The molecule has 24 heavy (non-hydrogen) atoms. The zero-order valence-electron chi connectivity index (χ0n) is 12.7. The fourth-order valence-corrected chi connectivity index (χ4v) is 3.66. The fourth-order valence-electron chi connectivity index (χ4n) is 2.35. The molecule has 4 aromatic rings. The standard InChI is InChI=1S/C15H12N6OS2/c1-23-15-19-18-12(24-15)8-20-9-16-13-11(14(20)22)7-17-21(13)10-5-3-2-4-6-10/h2-7,9H,8H2,1H3. The van der Waals surface area contributed by atoms with Crippen LogP contribution >= 0.6 is 23.1 Å². The third kappa shape index (κ3) is 2.61. The lowest BCUT2D eigenvalue weighted by Crippen LogP contribution is -2.21. The normalized spacial score (nSPS) is 11.2. The van der Waals surface area contributed by atoms with Gasteiger partial charge in [0.15, 0.2) is 9.99 Å². The summed E-state index contributed by atoms with van der Waals surface area (Å²) in [7, 11) is 0. The van der Waals surface area contributed by atoms with Crippen LogP contribution in [0.25, 0.3) is 16.7 Å². The van der Waals surface area contributed by atoms with Gasteiger partial charge in [0.1, 0.15) is 16.7 Å². The van der Waals surface area contributed by atoms with Crippen molar-refractivity contribution in [1.29, 1.82) is 0 Å². The van der Waals surface area contributed by atoms with Gasteiger partial charge < -0.3 is 0 Å². The molecule has 0 saturated carbocycles. The highest BCUT2D eigenvalue weighted by Gasteiger charge is 2.12. The highest BCUT2D eigenvalue weighted by molar-refractivity contribution is 8.00. The Labute approximate surface area is 145 Å². The summed E-state index contributed by atoms with van der Waals surface area (Å²) in [5, 5.41) is 13.7. The molecule has 0 saturated heterocycles. The third-order valence-corrected chi connectivity index (χ3v) is 5.37. The first-order valence-corrected chi connectivity index (χ1v) is 9.15. The number of fused-ring (bicyclic) bond motifs is 1. The lowest BCUT2D eigenvalue weighted by molar-refractivity contribution is 0.730. The minimum absolute atomic E-state index is 0.136. The van der Waals surface area contributed by atoms with Crippen LogP contribution in [0.4, 0.5) is 0 Å². The van der Waals surface area contributed by atoms with Crippen LogP contribution in [0, 0.1) is 0 Å². The second kappa shape index (κ2) is 6.17. The van der Waals surface area contributed by atoms with Gasteiger partial charge in [-0.1, -0.05) is 41.3 Å². The molecule has 0 spiro atoms. The summed E-state index contributed by atoms with van der Waals surface area (Å²) < 4.78 is 4.07. The second-order valence-electron chi connectivity index (χ2n) is 4.97. The monoisotopic (exact) mass is 356 g/mol. The first-order valence-electron chi connectivity index (χ1n) is 7.11. The summed E-state index contributed by atoms with van der Waals surface area (Å²) in [6.07, 6.45) is 5.04. The maximum atomic E-state index is 12.7. The van der Waals surface area contributed by atoms with Crippen LogP contribution in [0.1, 0.15) is 5.01 Å². The van der Waals surface area contributed by atoms with E-state index >= 15 is 0 Å². The molecule has 3 aromatic heterocycles. The van der Waals surface area contributed by atoms with Crippen LogP contribution in [0.2, 0.25) is 0 Å². The molecule has 0 bridgehead atoms. The summed E-state index contributed by atoms with van der Waals surface area (Å²) in [6.45, 7) is 0.358. The Morgan fingerprint density at radius 2 is 2.04 bits per heavy atom. The predicted molar refractivity (Wildman–Crippen MR) is 93.9 cm³/mol. The largest absolute Gasteiger partial charge is 0.292 e. The molecule has 4 rings (SSSR count). The van der Waals surface area contributed by atoms with Gasteiger partial charge in [0, 0.05) is 0 Å². The van der Waals surface area contributed by atoms with Crippen molar-refractivity contribution in [2.45, 2.75) is 10.9 Å². The summed E-state index contributed by atoms with van der Waals surface area (Å²) in [5.74, 6) is 0. The molecule has 3 heterocycles. The smallest absolute Gasteiger partial charge is 0.264 e. The average Bonchev–Trinajstić information content (AvgIpc) is 3.25. The van der Waals surface area contributed by atoms with Crippen molar-refractivity contribution in [3.63, 3.8) is 0 Å². The molecule has 0 aliphatic carbocycles. The minimum atomic E-state index is -0.136. The molecule has 9 heteroatoms. The van der Waals surface area contributed by atoms with Crippen molar-refractivity contribution in [3.05, 3.63) is 58.2 Å². The first-order chi connectivity index (χ1) is 11.8. The van der Waals surface area contributed by atoms with Crippen LogP contribution in [0.15, 0.2) is 52.0 Å². The molecule has 0 fully saturated rings. The van der Waals surface area contributed by atoms with Crippen molar-refractivity contribution in [2.75, 3.05) is 6.26 Å². The number of nitrogens with zero attached hydrogens (tertiary/aromatic N) is 6. The molecule has 0 radical (unpaired) electrons. The Morgan fingerprint density at radius 1 is 1.21 bits per heavy atom. The van der Waals surface area contributed by atoms with Gasteiger partial charge in [-0.05, 0) is 18.4 Å². The average molecular weight is 356 g/mol. The van der Waals surface area contributed by atoms with Gasteiger partial charge in [-0.2, -0.15) is 5.10 Å². The van der Waals surface area contributed by atoms with Crippen molar-refractivity contribution in [1.82, 2.24) is 29.5 Å². The highest BCUT2D eigenvalue weighted by Crippen LogP contribution is 2.20. The number of rotatable bonds is 4. The first kappa shape index (κ1) is 15.0. The van der Waals surface area contributed by atoms with Gasteiger partial charge in [0.05, 0.1) is 18.4 Å². The molecule has 1 aromatic carbocycles. The summed E-state index contributed by atoms with van der Waals surface area (Å²) in [4.78, 5) is 17.1. The van der Waals surface area contributed by atoms with Gasteiger partial charge >= 0.3 is 0 Å². The van der Waals surface area contributed by atoms with E-state index in [-0.39, 0.29) is 5.56 Å². The molecular weight excluding hydrogens is 344 g/mol. The van der Waals surface area contributed by atoms with Crippen molar-refractivity contribution in [3.8, 4) is 5.69 Å². The lowest BCUT2D eigenvalue weighted by atomic mass is 10.3. The van der Waals surface area contributed by atoms with Crippen LogP contribution in [-0.2, 0) is 6.54 Å². The van der Waals surface area contributed by atoms with Gasteiger partial charge in [-0.15, -0.1) is 10.2 Å². The lowest BCUT2D eigenvalue weighted by Gasteiger charge is -2.04. The zero-order chi connectivity index (χ0) is 16.5. The molecule has 0 aliphatic heterocycles. The Hall–Kier alpha value is -2.52. The SMILES string of the molecule is CSc1nnc(Cn2cnc3c(cnn3-c3ccccc3)c2=O)s1. The van der Waals surface area contributed by atoms with E-state index in [1.807, 2.05) is 36.6 Å². The maximum Gasteiger partial charge on any atom is 0.264 e. The molecule has 120 valence electrons. The highest BCUT2D eigenvalue weighted by atomic mass is 32.2. The Bertz CT molecular complexity index is 1050. The zero-order valence-corrected chi connectivity index (χ0v) is 14.3. The van der Waals surface area contributed by atoms with Crippen LogP contribution < -0.4 is 5.56 Å². The van der Waals surface area contributed by atoms with Crippen LogP contribution in [0.5, 0.6) is 0 Å². The summed E-state index contributed by atoms with van der Waals surface area (Å²) >= 11 is 3.01. The third-order valence-electron chi connectivity index (χ3n) is 3.48. The maximum absolute atomic E-state index is 12.7. The van der Waals surface area contributed by atoms with Gasteiger partial charge in [-0.3, -0.25) is 9.36 Å². The van der Waals surface area contributed by atoms with Crippen molar-refractivity contribution in [2.24, 2.45) is 0 Å². The number of hydrogen-bond acceptors (Lipinski definition) is 7. The van der Waals surface area contributed by atoms with Crippen molar-refractivity contribution >= 4 is 34.1 Å². The van der Waals surface area contributed by atoms with E-state index in [2.05, 4.69) is 20.3 Å². The molecule has 7 nitrogen and oxygen atoms in total. The van der Waals surface area contributed by atoms with Crippen molar-refractivity contribution < 1.29 is 0 Å².